The minimum Gasteiger partial charge on any atom is -0.241 e. The van der Waals surface area contributed by atoms with Gasteiger partial charge in [-0.3, -0.25) is 0 Å². The zero-order valence-corrected chi connectivity index (χ0v) is 11.2. The fourth-order valence-electron chi connectivity index (χ4n) is 1.88. The highest BCUT2D eigenvalue weighted by molar-refractivity contribution is 9.10. The Morgan fingerprint density at radius 2 is 1.94 bits per heavy atom. The molecule has 1 aromatic carbocycles. The van der Waals surface area contributed by atoms with Gasteiger partial charge in [0.2, 0.25) is 0 Å². The van der Waals surface area contributed by atoms with Crippen LogP contribution in [0.4, 0.5) is 0 Å². The zero-order valence-electron chi connectivity index (χ0n) is 8.82. The van der Waals surface area contributed by atoms with Crippen LogP contribution in [0.25, 0.3) is 11.3 Å². The molecule has 2 aromatic rings. The summed E-state index contributed by atoms with van der Waals surface area (Å²) in [5, 5.41) is 3.50. The first-order valence-electron chi connectivity index (χ1n) is 5.54. The largest absolute Gasteiger partial charge is 0.241 e. The first kappa shape index (κ1) is 10.5. The first-order valence-corrected chi connectivity index (χ1v) is 7.21. The molecular weight excluding hydrogens is 282 g/mol. The molecule has 0 bridgehead atoms. The Labute approximate surface area is 108 Å². The second-order valence-corrected chi connectivity index (χ2v) is 6.01. The van der Waals surface area contributed by atoms with Crippen LogP contribution in [0.3, 0.4) is 0 Å². The number of nitrogens with zero attached hydrogens (tertiary/aromatic N) is 1. The minimum atomic E-state index is 0.745. The smallest absolute Gasteiger partial charge is 0.0963 e. The molecule has 1 aromatic heterocycles. The third-order valence-corrected chi connectivity index (χ3v) is 4.65. The Morgan fingerprint density at radius 1 is 1.19 bits per heavy atom. The van der Waals surface area contributed by atoms with Crippen LogP contribution in [0.15, 0.2) is 34.1 Å². The fraction of sp³-hybridized carbons (Fsp3) is 0.308. The molecule has 16 heavy (non-hydrogen) atoms. The number of hydrogen-bond acceptors (Lipinski definition) is 2. The Bertz CT molecular complexity index is 485. The predicted molar refractivity (Wildman–Crippen MR) is 71.8 cm³/mol. The van der Waals surface area contributed by atoms with E-state index in [1.54, 1.807) is 0 Å². The quantitative estimate of drug-likeness (QED) is 0.772. The standard InChI is InChI=1S/C13H12BrNS/c14-11-6-4-9(5-7-11)12-8-16-13(15-12)10-2-1-3-10/h4-8,10H,1-3H2. The van der Waals surface area contributed by atoms with E-state index >= 15 is 0 Å². The van der Waals surface area contributed by atoms with Gasteiger partial charge < -0.3 is 0 Å². The van der Waals surface area contributed by atoms with Crippen LogP contribution in [0, 0.1) is 0 Å². The molecular formula is C13H12BrNS. The lowest BCUT2D eigenvalue weighted by atomic mass is 9.86. The molecule has 82 valence electrons. The van der Waals surface area contributed by atoms with E-state index in [0.717, 1.165) is 16.1 Å². The van der Waals surface area contributed by atoms with Crippen LogP contribution < -0.4 is 0 Å². The topological polar surface area (TPSA) is 12.9 Å². The SMILES string of the molecule is Brc1ccc(-c2csc(C3CCC3)n2)cc1. The van der Waals surface area contributed by atoms with Crippen LogP contribution >= 0.6 is 27.3 Å². The van der Waals surface area contributed by atoms with Crippen molar-refractivity contribution in [2.24, 2.45) is 0 Å². The molecule has 0 N–H and O–H groups in total. The number of benzene rings is 1. The van der Waals surface area contributed by atoms with E-state index in [1.807, 2.05) is 11.3 Å². The van der Waals surface area contributed by atoms with E-state index in [-0.39, 0.29) is 0 Å². The van der Waals surface area contributed by atoms with Crippen molar-refractivity contribution in [3.05, 3.63) is 39.1 Å². The molecule has 1 aliphatic carbocycles. The molecule has 0 radical (unpaired) electrons. The third-order valence-electron chi connectivity index (χ3n) is 3.12. The molecule has 1 fully saturated rings. The van der Waals surface area contributed by atoms with Gasteiger partial charge in [-0.2, -0.15) is 0 Å². The summed E-state index contributed by atoms with van der Waals surface area (Å²) in [5.41, 5.74) is 2.34. The first-order chi connectivity index (χ1) is 7.83. The van der Waals surface area contributed by atoms with Gasteiger partial charge >= 0.3 is 0 Å². The summed E-state index contributed by atoms with van der Waals surface area (Å²) in [5.74, 6) is 0.745. The average Bonchev–Trinajstić information content (AvgIpc) is 2.65. The third kappa shape index (κ3) is 1.94. The van der Waals surface area contributed by atoms with E-state index in [2.05, 4.69) is 45.6 Å². The number of aromatic nitrogens is 1. The summed E-state index contributed by atoms with van der Waals surface area (Å²) in [6.45, 7) is 0. The molecule has 0 spiro atoms. The van der Waals surface area contributed by atoms with Gasteiger partial charge in [-0.15, -0.1) is 11.3 Å². The van der Waals surface area contributed by atoms with Crippen molar-refractivity contribution in [3.8, 4) is 11.3 Å². The van der Waals surface area contributed by atoms with Gasteiger partial charge in [-0.25, -0.2) is 4.98 Å². The van der Waals surface area contributed by atoms with Crippen molar-refractivity contribution in [2.45, 2.75) is 25.2 Å². The molecule has 0 saturated heterocycles. The Kier molecular flexibility index (Phi) is 2.82. The lowest BCUT2D eigenvalue weighted by Gasteiger charge is -2.22. The summed E-state index contributed by atoms with van der Waals surface area (Å²) in [4.78, 5) is 4.74. The van der Waals surface area contributed by atoms with Gasteiger partial charge in [-0.05, 0) is 25.0 Å². The predicted octanol–water partition coefficient (Wildman–Crippen LogP) is 4.84. The molecule has 0 unspecified atom stereocenters. The highest BCUT2D eigenvalue weighted by Crippen LogP contribution is 2.39. The lowest BCUT2D eigenvalue weighted by Crippen LogP contribution is -2.07. The van der Waals surface area contributed by atoms with Gasteiger partial charge in [0.15, 0.2) is 0 Å². The van der Waals surface area contributed by atoms with Crippen LogP contribution in [0.1, 0.15) is 30.2 Å². The molecule has 3 rings (SSSR count). The van der Waals surface area contributed by atoms with Gasteiger partial charge in [0.25, 0.3) is 0 Å². The summed E-state index contributed by atoms with van der Waals surface area (Å²) >= 11 is 5.26. The van der Waals surface area contributed by atoms with Gasteiger partial charge in [0, 0.05) is 21.3 Å². The maximum absolute atomic E-state index is 4.74. The molecule has 0 atom stereocenters. The molecule has 1 heterocycles. The lowest BCUT2D eigenvalue weighted by molar-refractivity contribution is 0.418. The molecule has 3 heteroatoms. The van der Waals surface area contributed by atoms with Crippen molar-refractivity contribution in [3.63, 3.8) is 0 Å². The summed E-state index contributed by atoms with van der Waals surface area (Å²) in [6.07, 6.45) is 4.03. The number of halogens is 1. The molecule has 0 amide bonds. The second kappa shape index (κ2) is 4.30. The van der Waals surface area contributed by atoms with E-state index in [0.29, 0.717) is 0 Å². The Morgan fingerprint density at radius 3 is 2.56 bits per heavy atom. The van der Waals surface area contributed by atoms with Crippen LogP contribution in [-0.2, 0) is 0 Å². The van der Waals surface area contributed by atoms with E-state index in [4.69, 9.17) is 4.98 Å². The van der Waals surface area contributed by atoms with Crippen LogP contribution in [0.5, 0.6) is 0 Å². The van der Waals surface area contributed by atoms with Gasteiger partial charge in [0.1, 0.15) is 0 Å². The molecule has 1 nitrogen and oxygen atoms in total. The van der Waals surface area contributed by atoms with Crippen LogP contribution in [0.2, 0.25) is 0 Å². The Hall–Kier alpha value is -0.670. The summed E-state index contributed by atoms with van der Waals surface area (Å²) in [7, 11) is 0. The second-order valence-electron chi connectivity index (χ2n) is 4.21. The number of rotatable bonds is 2. The van der Waals surface area contributed by atoms with Crippen molar-refractivity contribution < 1.29 is 0 Å². The number of thiazole rings is 1. The Balaban J connectivity index is 1.88. The normalized spacial score (nSPS) is 16.1. The van der Waals surface area contributed by atoms with E-state index < -0.39 is 0 Å². The molecule has 0 aliphatic heterocycles. The highest BCUT2D eigenvalue weighted by Gasteiger charge is 2.22. The minimum absolute atomic E-state index is 0.745. The molecule has 1 aliphatic rings. The highest BCUT2D eigenvalue weighted by atomic mass is 79.9. The summed E-state index contributed by atoms with van der Waals surface area (Å²) in [6, 6.07) is 8.36. The van der Waals surface area contributed by atoms with Crippen molar-refractivity contribution in [1.29, 1.82) is 0 Å². The maximum Gasteiger partial charge on any atom is 0.0963 e. The average molecular weight is 294 g/mol. The van der Waals surface area contributed by atoms with E-state index in [1.165, 1.54) is 29.8 Å². The van der Waals surface area contributed by atoms with E-state index in [9.17, 15) is 0 Å². The summed E-state index contributed by atoms with van der Waals surface area (Å²) < 4.78 is 1.12. The maximum atomic E-state index is 4.74. The number of hydrogen-bond donors (Lipinski definition) is 0. The van der Waals surface area contributed by atoms with Crippen LogP contribution in [-0.4, -0.2) is 4.98 Å². The zero-order chi connectivity index (χ0) is 11.0. The van der Waals surface area contributed by atoms with Gasteiger partial charge in [-0.1, -0.05) is 34.5 Å². The fourth-order valence-corrected chi connectivity index (χ4v) is 3.15. The molecule has 1 saturated carbocycles. The van der Waals surface area contributed by atoms with Crippen molar-refractivity contribution in [1.82, 2.24) is 4.98 Å². The van der Waals surface area contributed by atoms with Crippen molar-refractivity contribution >= 4 is 27.3 Å². The monoisotopic (exact) mass is 293 g/mol. The van der Waals surface area contributed by atoms with Crippen molar-refractivity contribution in [2.75, 3.05) is 0 Å². The van der Waals surface area contributed by atoms with Gasteiger partial charge in [0.05, 0.1) is 10.7 Å².